The van der Waals surface area contributed by atoms with Gasteiger partial charge in [0.25, 0.3) is 0 Å². The number of nitrogens with zero attached hydrogens (tertiary/aromatic N) is 1. The summed E-state index contributed by atoms with van der Waals surface area (Å²) in [4.78, 5) is 14.8. The van der Waals surface area contributed by atoms with Crippen LogP contribution in [0.1, 0.15) is 47.0 Å². The molecular weight excluding hydrogens is 240 g/mol. The summed E-state index contributed by atoms with van der Waals surface area (Å²) in [5.74, 6) is 0.635. The summed E-state index contributed by atoms with van der Waals surface area (Å²) < 4.78 is 5.87. The first kappa shape index (κ1) is 14.8. The van der Waals surface area contributed by atoms with Gasteiger partial charge in [0.1, 0.15) is 0 Å². The molecule has 0 aromatic carbocycles. The Kier molecular flexibility index (Phi) is 4.21. The average molecular weight is 268 g/mol. The second-order valence-corrected chi connectivity index (χ2v) is 7.00. The van der Waals surface area contributed by atoms with Crippen LogP contribution in [0, 0.1) is 11.8 Å². The Labute approximate surface area is 116 Å². The minimum Gasteiger partial charge on any atom is -0.369 e. The lowest BCUT2D eigenvalue weighted by Crippen LogP contribution is -2.58. The van der Waals surface area contributed by atoms with Gasteiger partial charge >= 0.3 is 0 Å². The number of amides is 1. The van der Waals surface area contributed by atoms with Crippen molar-refractivity contribution in [1.82, 2.24) is 4.90 Å². The van der Waals surface area contributed by atoms with Gasteiger partial charge in [-0.1, -0.05) is 13.3 Å². The summed E-state index contributed by atoms with van der Waals surface area (Å²) in [6.45, 7) is 9.66. The van der Waals surface area contributed by atoms with Gasteiger partial charge in [-0.15, -0.1) is 0 Å². The van der Waals surface area contributed by atoms with Crippen molar-refractivity contribution < 1.29 is 9.53 Å². The van der Waals surface area contributed by atoms with Crippen LogP contribution < -0.4 is 5.73 Å². The van der Waals surface area contributed by atoms with Crippen molar-refractivity contribution in [3.8, 4) is 0 Å². The third kappa shape index (κ3) is 3.29. The fraction of sp³-hybridized carbons (Fsp3) is 0.933. The molecule has 4 atom stereocenters. The molecule has 4 nitrogen and oxygen atoms in total. The Hall–Kier alpha value is -0.610. The molecule has 2 N–H and O–H groups in total. The fourth-order valence-corrected chi connectivity index (χ4v) is 3.72. The van der Waals surface area contributed by atoms with Crippen molar-refractivity contribution in [2.45, 2.75) is 64.7 Å². The van der Waals surface area contributed by atoms with E-state index >= 15 is 0 Å². The van der Waals surface area contributed by atoms with Crippen LogP contribution in [0.3, 0.4) is 0 Å². The van der Waals surface area contributed by atoms with Crippen molar-refractivity contribution in [2.75, 3.05) is 13.1 Å². The van der Waals surface area contributed by atoms with E-state index in [9.17, 15) is 4.79 Å². The fourth-order valence-electron chi connectivity index (χ4n) is 3.72. The molecule has 2 aliphatic rings. The molecule has 1 aliphatic heterocycles. The standard InChI is InChI=1S/C15H28N2O2/c1-10-6-5-7-12(16)13(10)14(18)17-8-11(2)19-15(3,4)9-17/h10-13H,5-9,16H2,1-4H3. The molecule has 1 saturated heterocycles. The predicted octanol–water partition coefficient (Wildman–Crippen LogP) is 1.78. The number of morpholine rings is 1. The molecule has 1 amide bonds. The zero-order valence-electron chi connectivity index (χ0n) is 12.7. The van der Waals surface area contributed by atoms with Crippen LogP contribution in [-0.2, 0) is 9.53 Å². The molecule has 4 unspecified atom stereocenters. The first-order valence-electron chi connectivity index (χ1n) is 7.52. The van der Waals surface area contributed by atoms with E-state index in [2.05, 4.69) is 6.92 Å². The van der Waals surface area contributed by atoms with Crippen LogP contribution in [-0.4, -0.2) is 41.6 Å². The van der Waals surface area contributed by atoms with E-state index in [1.807, 2.05) is 25.7 Å². The van der Waals surface area contributed by atoms with Gasteiger partial charge in [-0.05, 0) is 39.5 Å². The van der Waals surface area contributed by atoms with Crippen LogP contribution in [0.15, 0.2) is 0 Å². The van der Waals surface area contributed by atoms with E-state index in [-0.39, 0.29) is 29.6 Å². The molecule has 0 spiro atoms. The summed E-state index contributed by atoms with van der Waals surface area (Å²) in [7, 11) is 0. The molecule has 2 fully saturated rings. The molecule has 110 valence electrons. The average Bonchev–Trinajstić information content (AvgIpc) is 2.25. The van der Waals surface area contributed by atoms with E-state index in [4.69, 9.17) is 10.5 Å². The normalized spacial score (nSPS) is 39.1. The molecular formula is C15H28N2O2. The highest BCUT2D eigenvalue weighted by atomic mass is 16.5. The summed E-state index contributed by atoms with van der Waals surface area (Å²) in [6, 6.07) is 0.0255. The second kappa shape index (κ2) is 5.41. The van der Waals surface area contributed by atoms with Gasteiger partial charge in [0.2, 0.25) is 5.91 Å². The van der Waals surface area contributed by atoms with Gasteiger partial charge in [0, 0.05) is 19.1 Å². The molecule has 1 saturated carbocycles. The van der Waals surface area contributed by atoms with E-state index in [0.717, 1.165) is 19.3 Å². The Bertz CT molecular complexity index is 333. The molecule has 0 aromatic heterocycles. The van der Waals surface area contributed by atoms with Crippen molar-refractivity contribution in [3.05, 3.63) is 0 Å². The van der Waals surface area contributed by atoms with Crippen molar-refractivity contribution in [1.29, 1.82) is 0 Å². The van der Waals surface area contributed by atoms with Gasteiger partial charge in [0.15, 0.2) is 0 Å². The van der Waals surface area contributed by atoms with E-state index in [0.29, 0.717) is 19.0 Å². The van der Waals surface area contributed by atoms with Crippen LogP contribution >= 0.6 is 0 Å². The minimum absolute atomic E-state index is 0.00477. The molecule has 0 bridgehead atoms. The molecule has 1 heterocycles. The Morgan fingerprint density at radius 3 is 2.58 bits per heavy atom. The number of hydrogen-bond donors (Lipinski definition) is 1. The van der Waals surface area contributed by atoms with Crippen molar-refractivity contribution in [3.63, 3.8) is 0 Å². The number of ether oxygens (including phenoxy) is 1. The van der Waals surface area contributed by atoms with Gasteiger partial charge in [-0.2, -0.15) is 0 Å². The van der Waals surface area contributed by atoms with Gasteiger partial charge in [-0.25, -0.2) is 0 Å². The van der Waals surface area contributed by atoms with Crippen molar-refractivity contribution >= 4 is 5.91 Å². The first-order valence-corrected chi connectivity index (χ1v) is 7.52. The molecule has 0 aromatic rings. The molecule has 4 heteroatoms. The zero-order chi connectivity index (χ0) is 14.2. The summed E-state index contributed by atoms with van der Waals surface area (Å²) >= 11 is 0. The quantitative estimate of drug-likeness (QED) is 0.788. The lowest BCUT2D eigenvalue weighted by molar-refractivity contribution is -0.164. The molecule has 0 radical (unpaired) electrons. The monoisotopic (exact) mass is 268 g/mol. The first-order chi connectivity index (χ1) is 8.80. The molecule has 2 rings (SSSR count). The highest BCUT2D eigenvalue weighted by Gasteiger charge is 2.40. The lowest BCUT2D eigenvalue weighted by Gasteiger charge is -2.45. The molecule has 19 heavy (non-hydrogen) atoms. The Morgan fingerprint density at radius 1 is 1.32 bits per heavy atom. The third-order valence-electron chi connectivity index (χ3n) is 4.44. The highest BCUT2D eigenvalue weighted by molar-refractivity contribution is 5.80. The third-order valence-corrected chi connectivity index (χ3v) is 4.44. The highest BCUT2D eigenvalue weighted by Crippen LogP contribution is 2.32. The van der Waals surface area contributed by atoms with E-state index in [1.165, 1.54) is 0 Å². The molecule has 1 aliphatic carbocycles. The maximum atomic E-state index is 12.8. The number of rotatable bonds is 1. The maximum Gasteiger partial charge on any atom is 0.227 e. The smallest absolute Gasteiger partial charge is 0.227 e. The second-order valence-electron chi connectivity index (χ2n) is 7.00. The van der Waals surface area contributed by atoms with E-state index < -0.39 is 0 Å². The van der Waals surface area contributed by atoms with Crippen LogP contribution in [0.2, 0.25) is 0 Å². The zero-order valence-corrected chi connectivity index (χ0v) is 12.7. The lowest BCUT2D eigenvalue weighted by atomic mass is 9.76. The number of nitrogens with two attached hydrogens (primary N) is 1. The van der Waals surface area contributed by atoms with E-state index in [1.54, 1.807) is 0 Å². The van der Waals surface area contributed by atoms with Crippen LogP contribution in [0.25, 0.3) is 0 Å². The summed E-state index contributed by atoms with van der Waals surface area (Å²) in [6.07, 6.45) is 3.34. The van der Waals surface area contributed by atoms with Gasteiger partial charge < -0.3 is 15.4 Å². The predicted molar refractivity (Wildman–Crippen MR) is 75.7 cm³/mol. The SMILES string of the molecule is CC1CN(C(=O)C2C(C)CCCC2N)CC(C)(C)O1. The largest absolute Gasteiger partial charge is 0.369 e. The summed E-state index contributed by atoms with van der Waals surface area (Å²) in [5.41, 5.74) is 5.95. The maximum absolute atomic E-state index is 12.8. The van der Waals surface area contributed by atoms with Gasteiger partial charge in [-0.3, -0.25) is 4.79 Å². The Balaban J connectivity index is 2.09. The van der Waals surface area contributed by atoms with Crippen LogP contribution in [0.5, 0.6) is 0 Å². The van der Waals surface area contributed by atoms with Gasteiger partial charge in [0.05, 0.1) is 17.6 Å². The minimum atomic E-state index is -0.255. The number of carbonyl (C=O) groups excluding carboxylic acids is 1. The topological polar surface area (TPSA) is 55.6 Å². The summed E-state index contributed by atoms with van der Waals surface area (Å²) in [5, 5.41) is 0. The number of carbonyl (C=O) groups is 1. The Morgan fingerprint density at radius 2 is 2.00 bits per heavy atom. The van der Waals surface area contributed by atoms with Crippen molar-refractivity contribution in [2.24, 2.45) is 17.6 Å². The number of hydrogen-bond acceptors (Lipinski definition) is 3. The van der Waals surface area contributed by atoms with Crippen LogP contribution in [0.4, 0.5) is 0 Å².